The number of hydrogen-bond donors (Lipinski definition) is 2. The van der Waals surface area contributed by atoms with Crippen molar-refractivity contribution >= 4 is 23.1 Å². The lowest BCUT2D eigenvalue weighted by molar-refractivity contribution is 0.0989. The Morgan fingerprint density at radius 3 is 2.94 bits per heavy atom. The van der Waals surface area contributed by atoms with Gasteiger partial charge in [0.2, 0.25) is 0 Å². The summed E-state index contributed by atoms with van der Waals surface area (Å²) in [4.78, 5) is 2.22. The molecule has 1 aliphatic rings. The fraction of sp³-hybridized carbons (Fsp3) is 0.417. The Labute approximate surface area is 106 Å². The molecule has 1 aromatic carbocycles. The third kappa shape index (κ3) is 2.53. The van der Waals surface area contributed by atoms with E-state index in [4.69, 9.17) is 27.5 Å². The van der Waals surface area contributed by atoms with Crippen molar-refractivity contribution in [1.29, 1.82) is 5.41 Å². The molecule has 0 radical (unpaired) electrons. The minimum atomic E-state index is 0.0356. The lowest BCUT2D eigenvalue weighted by Crippen LogP contribution is -2.43. The molecule has 5 heteroatoms. The molecule has 1 aliphatic heterocycles. The normalized spacial score (nSPS) is 20.4. The summed E-state index contributed by atoms with van der Waals surface area (Å²) in [5.74, 6) is 0.0356. The first-order valence-corrected chi connectivity index (χ1v) is 5.95. The molecule has 1 saturated heterocycles. The molecule has 1 fully saturated rings. The Bertz CT molecular complexity index is 436. The molecule has 17 heavy (non-hydrogen) atoms. The van der Waals surface area contributed by atoms with Crippen LogP contribution in [0.3, 0.4) is 0 Å². The molecule has 0 aliphatic carbocycles. The van der Waals surface area contributed by atoms with E-state index in [1.54, 1.807) is 6.07 Å². The number of nitrogens with two attached hydrogens (primary N) is 1. The van der Waals surface area contributed by atoms with E-state index in [-0.39, 0.29) is 5.84 Å². The molecule has 1 unspecified atom stereocenters. The Kier molecular flexibility index (Phi) is 3.54. The van der Waals surface area contributed by atoms with Crippen molar-refractivity contribution in [2.75, 3.05) is 24.7 Å². The largest absolute Gasteiger partial charge is 0.384 e. The molecule has 4 nitrogen and oxygen atoms in total. The zero-order valence-electron chi connectivity index (χ0n) is 9.74. The van der Waals surface area contributed by atoms with Crippen LogP contribution in [0, 0.1) is 5.41 Å². The number of rotatable bonds is 2. The van der Waals surface area contributed by atoms with Crippen LogP contribution in [0.1, 0.15) is 12.5 Å². The Morgan fingerprint density at radius 2 is 2.35 bits per heavy atom. The quantitative estimate of drug-likeness (QED) is 0.625. The summed E-state index contributed by atoms with van der Waals surface area (Å²) >= 11 is 6.24. The van der Waals surface area contributed by atoms with Gasteiger partial charge < -0.3 is 15.4 Å². The summed E-state index contributed by atoms with van der Waals surface area (Å²) in [6.07, 6.45) is 0. The number of amidine groups is 1. The van der Waals surface area contributed by atoms with Gasteiger partial charge in [-0.3, -0.25) is 5.41 Å². The summed E-state index contributed by atoms with van der Waals surface area (Å²) in [7, 11) is 0. The van der Waals surface area contributed by atoms with Crippen LogP contribution in [-0.4, -0.2) is 31.6 Å². The summed E-state index contributed by atoms with van der Waals surface area (Å²) in [5.41, 5.74) is 7.06. The van der Waals surface area contributed by atoms with E-state index in [0.29, 0.717) is 23.2 Å². The fourth-order valence-electron chi connectivity index (χ4n) is 1.99. The summed E-state index contributed by atoms with van der Waals surface area (Å²) < 4.78 is 5.40. The van der Waals surface area contributed by atoms with E-state index in [1.165, 1.54) is 0 Å². The van der Waals surface area contributed by atoms with Crippen molar-refractivity contribution in [3.8, 4) is 0 Å². The zero-order chi connectivity index (χ0) is 12.4. The van der Waals surface area contributed by atoms with Gasteiger partial charge in [-0.1, -0.05) is 11.6 Å². The lowest BCUT2D eigenvalue weighted by atomic mass is 10.1. The van der Waals surface area contributed by atoms with E-state index in [1.807, 2.05) is 12.1 Å². The Hall–Kier alpha value is -1.26. The fourth-order valence-corrected chi connectivity index (χ4v) is 2.28. The number of hydrogen-bond acceptors (Lipinski definition) is 3. The van der Waals surface area contributed by atoms with Gasteiger partial charge in [0.05, 0.1) is 23.9 Å². The number of nitrogens with one attached hydrogen (secondary N) is 1. The van der Waals surface area contributed by atoms with Gasteiger partial charge >= 0.3 is 0 Å². The number of nitrogens with zero attached hydrogens (tertiary/aromatic N) is 1. The highest BCUT2D eigenvalue weighted by Crippen LogP contribution is 2.29. The van der Waals surface area contributed by atoms with E-state index in [9.17, 15) is 0 Å². The van der Waals surface area contributed by atoms with Crippen molar-refractivity contribution in [2.45, 2.75) is 13.0 Å². The summed E-state index contributed by atoms with van der Waals surface area (Å²) in [5, 5.41) is 8.00. The van der Waals surface area contributed by atoms with Crippen molar-refractivity contribution in [3.63, 3.8) is 0 Å². The molecule has 3 N–H and O–H groups in total. The van der Waals surface area contributed by atoms with Crippen LogP contribution < -0.4 is 10.6 Å². The second-order valence-electron chi connectivity index (χ2n) is 4.20. The smallest absolute Gasteiger partial charge is 0.122 e. The second kappa shape index (κ2) is 4.94. The highest BCUT2D eigenvalue weighted by molar-refractivity contribution is 6.33. The van der Waals surface area contributed by atoms with Gasteiger partial charge in [0.1, 0.15) is 5.84 Å². The lowest BCUT2D eigenvalue weighted by Gasteiger charge is -2.35. The number of anilines is 1. The van der Waals surface area contributed by atoms with Crippen LogP contribution in [0.4, 0.5) is 5.69 Å². The monoisotopic (exact) mass is 253 g/mol. The van der Waals surface area contributed by atoms with Crippen LogP contribution in [-0.2, 0) is 4.74 Å². The highest BCUT2D eigenvalue weighted by atomic mass is 35.5. The second-order valence-corrected chi connectivity index (χ2v) is 4.60. The van der Waals surface area contributed by atoms with Crippen LogP contribution in [0.15, 0.2) is 18.2 Å². The minimum Gasteiger partial charge on any atom is -0.384 e. The number of halogens is 1. The number of benzene rings is 1. The molecule has 1 atom stereocenters. The maximum atomic E-state index is 7.37. The van der Waals surface area contributed by atoms with Crippen LogP contribution in [0.2, 0.25) is 5.02 Å². The SMILES string of the molecule is CC1COCCN1c1ccc(C(=N)N)cc1Cl. The molecule has 0 spiro atoms. The number of ether oxygens (including phenoxy) is 1. The van der Waals surface area contributed by atoms with Crippen LogP contribution in [0.25, 0.3) is 0 Å². The zero-order valence-corrected chi connectivity index (χ0v) is 10.5. The maximum Gasteiger partial charge on any atom is 0.122 e. The van der Waals surface area contributed by atoms with E-state index < -0.39 is 0 Å². The standard InChI is InChI=1S/C12H16ClN3O/c1-8-7-17-5-4-16(8)11-3-2-9(12(14)15)6-10(11)13/h2-3,6,8H,4-5,7H2,1H3,(H3,14,15). The highest BCUT2D eigenvalue weighted by Gasteiger charge is 2.21. The van der Waals surface area contributed by atoms with E-state index in [2.05, 4.69) is 11.8 Å². The van der Waals surface area contributed by atoms with Crippen molar-refractivity contribution < 1.29 is 4.74 Å². The van der Waals surface area contributed by atoms with Crippen molar-refractivity contribution in [3.05, 3.63) is 28.8 Å². The van der Waals surface area contributed by atoms with Gasteiger partial charge in [-0.25, -0.2) is 0 Å². The molecule has 2 rings (SSSR count). The summed E-state index contributed by atoms with van der Waals surface area (Å²) in [6, 6.07) is 5.79. The van der Waals surface area contributed by atoms with Gasteiger partial charge in [-0.2, -0.15) is 0 Å². The number of morpholine rings is 1. The molecule has 0 amide bonds. The van der Waals surface area contributed by atoms with Crippen molar-refractivity contribution in [2.24, 2.45) is 5.73 Å². The first kappa shape index (κ1) is 12.2. The van der Waals surface area contributed by atoms with Gasteiger partial charge in [-0.15, -0.1) is 0 Å². The Balaban J connectivity index is 2.29. The first-order valence-electron chi connectivity index (χ1n) is 5.58. The molecule has 0 saturated carbocycles. The molecule has 0 aromatic heterocycles. The number of nitrogen functional groups attached to an aromatic ring is 1. The van der Waals surface area contributed by atoms with Crippen molar-refractivity contribution in [1.82, 2.24) is 0 Å². The van der Waals surface area contributed by atoms with Gasteiger partial charge in [0, 0.05) is 18.2 Å². The third-order valence-corrected chi connectivity index (χ3v) is 3.24. The predicted octanol–water partition coefficient (Wildman–Crippen LogP) is 1.85. The first-order chi connectivity index (χ1) is 8.09. The molecular weight excluding hydrogens is 238 g/mol. The average Bonchev–Trinajstić information content (AvgIpc) is 2.30. The molecular formula is C12H16ClN3O. The molecule has 1 heterocycles. The minimum absolute atomic E-state index is 0.0356. The van der Waals surface area contributed by atoms with Gasteiger partial charge in [0.15, 0.2) is 0 Å². The summed E-state index contributed by atoms with van der Waals surface area (Å²) in [6.45, 7) is 4.37. The molecule has 92 valence electrons. The van der Waals surface area contributed by atoms with E-state index in [0.717, 1.165) is 18.8 Å². The van der Waals surface area contributed by atoms with Gasteiger partial charge in [0.25, 0.3) is 0 Å². The Morgan fingerprint density at radius 1 is 1.59 bits per heavy atom. The van der Waals surface area contributed by atoms with Crippen LogP contribution in [0.5, 0.6) is 0 Å². The molecule has 0 bridgehead atoms. The maximum absolute atomic E-state index is 7.37. The van der Waals surface area contributed by atoms with E-state index >= 15 is 0 Å². The topological polar surface area (TPSA) is 62.3 Å². The molecule has 1 aromatic rings. The van der Waals surface area contributed by atoms with Crippen LogP contribution >= 0.6 is 11.6 Å². The predicted molar refractivity (Wildman–Crippen MR) is 70.1 cm³/mol. The van der Waals surface area contributed by atoms with Gasteiger partial charge in [-0.05, 0) is 25.1 Å². The third-order valence-electron chi connectivity index (χ3n) is 2.94. The average molecular weight is 254 g/mol.